The summed E-state index contributed by atoms with van der Waals surface area (Å²) in [7, 11) is 0. The Morgan fingerprint density at radius 1 is 0.812 bits per heavy atom. The van der Waals surface area contributed by atoms with Gasteiger partial charge < -0.3 is 8.83 Å². The third-order valence-electron chi connectivity index (χ3n) is 2.99. The molecule has 0 bridgehead atoms. The van der Waals surface area contributed by atoms with E-state index in [-0.39, 0.29) is 0 Å². The van der Waals surface area contributed by atoms with Crippen molar-refractivity contribution in [3.05, 3.63) is 47.0 Å². The molecule has 0 saturated carbocycles. The zero-order valence-electron chi connectivity index (χ0n) is 8.19. The maximum atomic E-state index is 11.1. The summed E-state index contributed by atoms with van der Waals surface area (Å²) in [5, 5.41) is 0. The minimum atomic E-state index is -0.646. The van der Waals surface area contributed by atoms with Gasteiger partial charge in [0.15, 0.2) is 11.2 Å². The highest BCUT2D eigenvalue weighted by Gasteiger charge is 2.26. The van der Waals surface area contributed by atoms with Gasteiger partial charge >= 0.3 is 5.82 Å². The van der Waals surface area contributed by atoms with E-state index in [1.807, 2.05) is 24.3 Å². The standard InChI is InChI=1S/C13H6O3/c14-13-15-10-6-5-9-7-3-1-2-4-8(7)11(9)12(10)16-13/h1-6H. The average molecular weight is 210 g/mol. The molecule has 16 heavy (non-hydrogen) atoms. The van der Waals surface area contributed by atoms with E-state index in [2.05, 4.69) is 6.07 Å². The highest BCUT2D eigenvalue weighted by Crippen LogP contribution is 2.49. The summed E-state index contributed by atoms with van der Waals surface area (Å²) in [6.07, 6.45) is 0. The molecule has 0 fully saturated rings. The largest absolute Gasteiger partial charge is 0.519 e. The molecule has 0 unspecified atom stereocenters. The third kappa shape index (κ3) is 0.772. The van der Waals surface area contributed by atoms with Crippen LogP contribution in [0.3, 0.4) is 0 Å². The maximum Gasteiger partial charge on any atom is 0.519 e. The minimum Gasteiger partial charge on any atom is -0.391 e. The number of fused-ring (bicyclic) bond motifs is 6. The fraction of sp³-hybridized carbons (Fsp3) is 0. The first-order chi connectivity index (χ1) is 7.84. The first-order valence-corrected chi connectivity index (χ1v) is 5.01. The van der Waals surface area contributed by atoms with Crippen molar-refractivity contribution in [1.82, 2.24) is 0 Å². The molecular formula is C13H6O3. The molecule has 1 aromatic heterocycles. The van der Waals surface area contributed by atoms with Crippen molar-refractivity contribution in [1.29, 1.82) is 0 Å². The molecule has 1 aliphatic carbocycles. The van der Waals surface area contributed by atoms with Gasteiger partial charge in [-0.25, -0.2) is 4.79 Å². The van der Waals surface area contributed by atoms with Crippen LogP contribution < -0.4 is 5.82 Å². The molecule has 76 valence electrons. The van der Waals surface area contributed by atoms with Crippen LogP contribution in [0.25, 0.3) is 33.4 Å². The lowest BCUT2D eigenvalue weighted by Crippen LogP contribution is -1.98. The molecule has 0 amide bonds. The summed E-state index contributed by atoms with van der Waals surface area (Å²) in [4.78, 5) is 11.1. The van der Waals surface area contributed by atoms with E-state index < -0.39 is 5.82 Å². The molecule has 1 heterocycles. The lowest BCUT2D eigenvalue weighted by Gasteiger charge is -2.22. The van der Waals surface area contributed by atoms with Crippen molar-refractivity contribution in [2.24, 2.45) is 0 Å². The molecule has 0 atom stereocenters. The number of hydrogen-bond donors (Lipinski definition) is 0. The third-order valence-corrected chi connectivity index (χ3v) is 2.99. The van der Waals surface area contributed by atoms with Gasteiger partial charge in [0.05, 0.1) is 0 Å². The van der Waals surface area contributed by atoms with E-state index in [0.29, 0.717) is 11.2 Å². The molecular weight excluding hydrogens is 204 g/mol. The maximum absolute atomic E-state index is 11.1. The smallest absolute Gasteiger partial charge is 0.391 e. The van der Waals surface area contributed by atoms with Gasteiger partial charge in [0.2, 0.25) is 0 Å². The average Bonchev–Trinajstić information content (AvgIpc) is 2.63. The summed E-state index contributed by atoms with van der Waals surface area (Å²) in [5.41, 5.74) is 5.49. The van der Waals surface area contributed by atoms with Gasteiger partial charge in [0.1, 0.15) is 0 Å². The Labute approximate surface area is 89.9 Å². The van der Waals surface area contributed by atoms with Crippen LogP contribution in [0.1, 0.15) is 0 Å². The zero-order chi connectivity index (χ0) is 10.7. The lowest BCUT2D eigenvalue weighted by atomic mass is 9.80. The number of benzene rings is 2. The van der Waals surface area contributed by atoms with Crippen LogP contribution in [-0.4, -0.2) is 0 Å². The number of rotatable bonds is 0. The van der Waals surface area contributed by atoms with Crippen molar-refractivity contribution in [2.75, 3.05) is 0 Å². The second-order valence-electron chi connectivity index (χ2n) is 3.82. The van der Waals surface area contributed by atoms with Gasteiger partial charge in [-0.1, -0.05) is 24.3 Å². The predicted octanol–water partition coefficient (Wildman–Crippen LogP) is 3.03. The van der Waals surface area contributed by atoms with Crippen LogP contribution in [0.4, 0.5) is 0 Å². The van der Waals surface area contributed by atoms with Crippen molar-refractivity contribution >= 4 is 11.2 Å². The molecule has 3 heteroatoms. The quantitative estimate of drug-likeness (QED) is 0.448. The van der Waals surface area contributed by atoms with Gasteiger partial charge in [0.25, 0.3) is 0 Å². The van der Waals surface area contributed by atoms with Crippen LogP contribution in [-0.2, 0) is 0 Å². The SMILES string of the molecule is O=c1oc2ccc3c(c2o1)-c1ccccc1-3. The van der Waals surface area contributed by atoms with Crippen LogP contribution in [0, 0.1) is 0 Å². The summed E-state index contributed by atoms with van der Waals surface area (Å²) in [6.45, 7) is 0. The van der Waals surface area contributed by atoms with Gasteiger partial charge in [-0.3, -0.25) is 0 Å². The molecule has 1 aliphatic rings. The van der Waals surface area contributed by atoms with E-state index in [0.717, 1.165) is 16.7 Å². The molecule has 0 N–H and O–H groups in total. The summed E-state index contributed by atoms with van der Waals surface area (Å²) in [6, 6.07) is 11.8. The summed E-state index contributed by atoms with van der Waals surface area (Å²) >= 11 is 0. The topological polar surface area (TPSA) is 43.4 Å². The Kier molecular flexibility index (Phi) is 1.21. The molecule has 4 rings (SSSR count). The second kappa shape index (κ2) is 2.44. The molecule has 0 saturated heterocycles. The predicted molar refractivity (Wildman–Crippen MR) is 59.2 cm³/mol. The monoisotopic (exact) mass is 210 g/mol. The fourth-order valence-corrected chi connectivity index (χ4v) is 2.30. The van der Waals surface area contributed by atoms with Crippen molar-refractivity contribution in [2.45, 2.75) is 0 Å². The first-order valence-electron chi connectivity index (χ1n) is 5.01. The van der Waals surface area contributed by atoms with E-state index in [1.165, 1.54) is 5.56 Å². The molecule has 0 radical (unpaired) electrons. The highest BCUT2D eigenvalue weighted by molar-refractivity contribution is 6.11. The Morgan fingerprint density at radius 2 is 1.62 bits per heavy atom. The normalized spacial score (nSPS) is 12.0. The van der Waals surface area contributed by atoms with E-state index in [4.69, 9.17) is 8.83 Å². The van der Waals surface area contributed by atoms with Gasteiger partial charge in [-0.2, -0.15) is 0 Å². The van der Waals surface area contributed by atoms with Crippen LogP contribution in [0.15, 0.2) is 50.0 Å². The van der Waals surface area contributed by atoms with E-state index >= 15 is 0 Å². The molecule has 3 nitrogen and oxygen atoms in total. The van der Waals surface area contributed by atoms with Gasteiger partial charge in [0, 0.05) is 5.56 Å². The summed E-state index contributed by atoms with van der Waals surface area (Å²) in [5.74, 6) is -0.646. The minimum absolute atomic E-state index is 0.512. The first kappa shape index (κ1) is 7.93. The Morgan fingerprint density at radius 3 is 2.50 bits per heavy atom. The van der Waals surface area contributed by atoms with Crippen molar-refractivity contribution in [3.63, 3.8) is 0 Å². The summed E-state index contributed by atoms with van der Waals surface area (Å²) < 4.78 is 10.00. The van der Waals surface area contributed by atoms with Gasteiger partial charge in [-0.05, 0) is 28.8 Å². The Balaban J connectivity index is 2.19. The van der Waals surface area contributed by atoms with Gasteiger partial charge in [-0.15, -0.1) is 0 Å². The second-order valence-corrected chi connectivity index (χ2v) is 3.82. The molecule has 3 aromatic rings. The van der Waals surface area contributed by atoms with E-state index in [9.17, 15) is 4.79 Å². The van der Waals surface area contributed by atoms with Crippen molar-refractivity contribution in [3.8, 4) is 22.3 Å². The van der Waals surface area contributed by atoms with E-state index in [1.54, 1.807) is 6.07 Å². The fourth-order valence-electron chi connectivity index (χ4n) is 2.30. The molecule has 0 aliphatic heterocycles. The lowest BCUT2D eigenvalue weighted by molar-refractivity contribution is 0.409. The van der Waals surface area contributed by atoms with Crippen LogP contribution in [0.2, 0.25) is 0 Å². The Bertz CT molecular complexity index is 777. The molecule has 0 spiro atoms. The zero-order valence-corrected chi connectivity index (χ0v) is 8.19. The Hall–Kier alpha value is -2.29. The number of hydrogen-bond acceptors (Lipinski definition) is 3. The van der Waals surface area contributed by atoms with Crippen molar-refractivity contribution < 1.29 is 8.83 Å². The highest BCUT2D eigenvalue weighted by atomic mass is 16.6. The molecule has 2 aromatic carbocycles. The van der Waals surface area contributed by atoms with Crippen LogP contribution in [0.5, 0.6) is 0 Å². The van der Waals surface area contributed by atoms with Crippen LogP contribution >= 0.6 is 0 Å².